The Morgan fingerprint density at radius 3 is 2.73 bits per heavy atom. The van der Waals surface area contributed by atoms with Gasteiger partial charge < -0.3 is 15.4 Å². The Kier molecular flexibility index (Phi) is 12.4. The summed E-state index contributed by atoms with van der Waals surface area (Å²) in [6.45, 7) is 6.01. The first-order valence-corrected chi connectivity index (χ1v) is 8.49. The van der Waals surface area contributed by atoms with Crippen LogP contribution in [0.15, 0.2) is 29.3 Å². The summed E-state index contributed by atoms with van der Waals surface area (Å²) in [6.07, 6.45) is 1.87. The van der Waals surface area contributed by atoms with E-state index in [1.807, 2.05) is 13.8 Å². The number of rotatable bonds is 8. The Hall–Kier alpha value is -0.700. The Balaban J connectivity index is 0.00000441. The van der Waals surface area contributed by atoms with Gasteiger partial charge in [0.15, 0.2) is 17.5 Å². The smallest absolute Gasteiger partial charge is 0.191 e. The minimum atomic E-state index is -0.349. The first-order valence-electron chi connectivity index (χ1n) is 7.09. The fourth-order valence-electron chi connectivity index (χ4n) is 1.63. The maximum Gasteiger partial charge on any atom is 0.191 e. The number of aliphatic imine (C=N–C) groups is 1. The van der Waals surface area contributed by atoms with Gasteiger partial charge in [-0.15, -0.1) is 24.0 Å². The average Bonchev–Trinajstić information content (AvgIpc) is 2.47. The zero-order valence-corrected chi connectivity index (χ0v) is 16.4. The molecule has 1 rings (SSSR count). The maximum absolute atomic E-state index is 13.5. The van der Waals surface area contributed by atoms with Gasteiger partial charge in [0, 0.05) is 18.8 Å². The van der Waals surface area contributed by atoms with Crippen LogP contribution in [0.1, 0.15) is 13.8 Å². The molecule has 1 aromatic carbocycles. The first-order chi connectivity index (χ1) is 10.2. The number of hydrogen-bond acceptors (Lipinski definition) is 3. The molecule has 0 aliphatic heterocycles. The molecular weight excluding hydrogens is 416 g/mol. The van der Waals surface area contributed by atoms with Crippen molar-refractivity contribution >= 4 is 41.7 Å². The second-order valence-electron chi connectivity index (χ2n) is 4.50. The lowest BCUT2D eigenvalue weighted by atomic mass is 10.3. The van der Waals surface area contributed by atoms with Gasteiger partial charge in [-0.25, -0.2) is 9.38 Å². The van der Waals surface area contributed by atoms with Crippen LogP contribution in [0.3, 0.4) is 0 Å². The van der Waals surface area contributed by atoms with Crippen LogP contribution in [0.2, 0.25) is 0 Å². The van der Waals surface area contributed by atoms with E-state index in [4.69, 9.17) is 4.74 Å². The van der Waals surface area contributed by atoms with Crippen LogP contribution in [-0.2, 0) is 0 Å². The molecule has 0 aliphatic rings. The highest BCUT2D eigenvalue weighted by molar-refractivity contribution is 14.0. The summed E-state index contributed by atoms with van der Waals surface area (Å²) in [7, 11) is 0. The quantitative estimate of drug-likeness (QED) is 0.282. The number of nitrogens with zero attached hydrogens (tertiary/aromatic N) is 1. The van der Waals surface area contributed by atoms with Crippen LogP contribution in [0, 0.1) is 5.82 Å². The molecule has 0 heterocycles. The highest BCUT2D eigenvalue weighted by Crippen LogP contribution is 2.16. The molecular formula is C15H25FIN3OS. The number of halogens is 2. The minimum absolute atomic E-state index is 0. The zero-order chi connectivity index (χ0) is 15.5. The van der Waals surface area contributed by atoms with Crippen LogP contribution in [-0.4, -0.2) is 43.7 Å². The lowest BCUT2D eigenvalue weighted by Gasteiger charge is -2.15. The Labute approximate surface area is 153 Å². The molecule has 4 nitrogen and oxygen atoms in total. The van der Waals surface area contributed by atoms with Gasteiger partial charge in [-0.2, -0.15) is 11.8 Å². The molecule has 7 heteroatoms. The number of para-hydroxylation sites is 1. The molecule has 0 radical (unpaired) electrons. The van der Waals surface area contributed by atoms with Crippen molar-refractivity contribution < 1.29 is 9.13 Å². The fourth-order valence-corrected chi connectivity index (χ4v) is 1.93. The van der Waals surface area contributed by atoms with Crippen molar-refractivity contribution in [2.75, 3.05) is 31.6 Å². The molecule has 0 fully saturated rings. The summed E-state index contributed by atoms with van der Waals surface area (Å²) < 4.78 is 19.0. The Morgan fingerprint density at radius 2 is 2.09 bits per heavy atom. The summed E-state index contributed by atoms with van der Waals surface area (Å²) in [5.41, 5.74) is 0. The number of benzene rings is 1. The van der Waals surface area contributed by atoms with E-state index < -0.39 is 0 Å². The van der Waals surface area contributed by atoms with Crippen LogP contribution in [0.5, 0.6) is 5.75 Å². The molecule has 0 amide bonds. The van der Waals surface area contributed by atoms with Gasteiger partial charge in [0.1, 0.15) is 6.10 Å². The second-order valence-corrected chi connectivity index (χ2v) is 5.48. The summed E-state index contributed by atoms with van der Waals surface area (Å²) in [5.74, 6) is 1.69. The minimum Gasteiger partial charge on any atom is -0.486 e. The van der Waals surface area contributed by atoms with Crippen molar-refractivity contribution in [2.24, 2.45) is 4.99 Å². The van der Waals surface area contributed by atoms with E-state index in [1.165, 1.54) is 6.07 Å². The molecule has 0 saturated heterocycles. The van der Waals surface area contributed by atoms with Crippen LogP contribution in [0.25, 0.3) is 0 Å². The van der Waals surface area contributed by atoms with Gasteiger partial charge >= 0.3 is 0 Å². The molecule has 126 valence electrons. The topological polar surface area (TPSA) is 45.7 Å². The van der Waals surface area contributed by atoms with Crippen LogP contribution < -0.4 is 15.4 Å². The average molecular weight is 441 g/mol. The standard InChI is InChI=1S/C15H24FN3OS.HI/c1-4-17-15(18-9-10-21-3)19-11-12(2)20-14-8-6-5-7-13(14)16;/h5-8,12H,4,9-11H2,1-3H3,(H2,17,18,19);1H. The molecule has 0 saturated carbocycles. The third-order valence-electron chi connectivity index (χ3n) is 2.61. The molecule has 0 bridgehead atoms. The fraction of sp³-hybridized carbons (Fsp3) is 0.533. The van der Waals surface area contributed by atoms with Gasteiger partial charge in [-0.05, 0) is 32.2 Å². The molecule has 0 aliphatic carbocycles. The van der Waals surface area contributed by atoms with E-state index in [0.29, 0.717) is 6.54 Å². The number of nitrogens with one attached hydrogen (secondary N) is 2. The molecule has 22 heavy (non-hydrogen) atoms. The van der Waals surface area contributed by atoms with Gasteiger partial charge in [0.2, 0.25) is 0 Å². The van der Waals surface area contributed by atoms with Crippen LogP contribution in [0.4, 0.5) is 4.39 Å². The van der Waals surface area contributed by atoms with Gasteiger partial charge in [-0.1, -0.05) is 12.1 Å². The lowest BCUT2D eigenvalue weighted by Crippen LogP contribution is -2.39. The summed E-state index contributed by atoms with van der Waals surface area (Å²) in [6, 6.07) is 6.41. The normalized spacial score (nSPS) is 12.3. The van der Waals surface area contributed by atoms with Crippen LogP contribution >= 0.6 is 35.7 Å². The predicted octanol–water partition coefficient (Wildman–Crippen LogP) is 3.13. The monoisotopic (exact) mass is 441 g/mol. The summed E-state index contributed by atoms with van der Waals surface area (Å²) in [4.78, 5) is 4.45. The zero-order valence-electron chi connectivity index (χ0n) is 13.3. The van der Waals surface area contributed by atoms with Crippen molar-refractivity contribution in [2.45, 2.75) is 20.0 Å². The predicted molar refractivity (Wildman–Crippen MR) is 104 cm³/mol. The van der Waals surface area contributed by atoms with E-state index in [-0.39, 0.29) is 41.6 Å². The van der Waals surface area contributed by atoms with E-state index >= 15 is 0 Å². The second kappa shape index (κ2) is 12.8. The van der Waals surface area contributed by atoms with E-state index in [9.17, 15) is 4.39 Å². The Morgan fingerprint density at radius 1 is 1.36 bits per heavy atom. The highest BCUT2D eigenvalue weighted by atomic mass is 127. The van der Waals surface area contributed by atoms with Crippen molar-refractivity contribution in [1.29, 1.82) is 0 Å². The van der Waals surface area contributed by atoms with Gasteiger partial charge in [0.25, 0.3) is 0 Å². The maximum atomic E-state index is 13.5. The summed E-state index contributed by atoms with van der Waals surface area (Å²) in [5, 5.41) is 6.41. The number of ether oxygens (including phenoxy) is 1. The van der Waals surface area contributed by atoms with Gasteiger partial charge in [-0.3, -0.25) is 0 Å². The molecule has 1 aromatic rings. The van der Waals surface area contributed by atoms with Gasteiger partial charge in [0.05, 0.1) is 6.54 Å². The summed E-state index contributed by atoms with van der Waals surface area (Å²) >= 11 is 1.78. The molecule has 1 atom stereocenters. The highest BCUT2D eigenvalue weighted by Gasteiger charge is 2.07. The third-order valence-corrected chi connectivity index (χ3v) is 3.23. The first kappa shape index (κ1) is 21.3. The Bertz CT molecular complexity index is 449. The largest absolute Gasteiger partial charge is 0.486 e. The lowest BCUT2D eigenvalue weighted by molar-refractivity contribution is 0.220. The number of guanidine groups is 1. The van der Waals surface area contributed by atoms with E-state index in [1.54, 1.807) is 30.0 Å². The molecule has 0 aromatic heterocycles. The number of hydrogen-bond donors (Lipinski definition) is 2. The van der Waals surface area contributed by atoms with Crippen molar-refractivity contribution in [3.63, 3.8) is 0 Å². The molecule has 0 spiro atoms. The van der Waals surface area contributed by atoms with Crippen molar-refractivity contribution in [1.82, 2.24) is 10.6 Å². The molecule has 1 unspecified atom stereocenters. The SMILES string of the molecule is CCNC(=NCC(C)Oc1ccccc1F)NCCSC.I. The van der Waals surface area contributed by atoms with E-state index in [2.05, 4.69) is 21.9 Å². The van der Waals surface area contributed by atoms with Crippen molar-refractivity contribution in [3.8, 4) is 5.75 Å². The van der Waals surface area contributed by atoms with Crippen molar-refractivity contribution in [3.05, 3.63) is 30.1 Å². The number of thioether (sulfide) groups is 1. The van der Waals surface area contributed by atoms with E-state index in [0.717, 1.165) is 24.8 Å². The third kappa shape index (κ3) is 8.67. The molecule has 2 N–H and O–H groups in total.